The Labute approximate surface area is 513 Å². The molecule has 8 aromatic carbocycles. The van der Waals surface area contributed by atoms with Gasteiger partial charge in [0.25, 0.3) is 37.6 Å². The monoisotopic (exact) mass is 1490 g/mol. The molecular formula is C60H58I4N4OS4. The van der Waals surface area contributed by atoms with Crippen LogP contribution in [-0.4, -0.2) is 25.4 Å². The van der Waals surface area contributed by atoms with Crippen LogP contribution in [0.4, 0.5) is 0 Å². The van der Waals surface area contributed by atoms with Gasteiger partial charge >= 0.3 is 0 Å². The van der Waals surface area contributed by atoms with Crippen molar-refractivity contribution in [2.75, 3.05) is 0 Å². The number of aryl methyl sites for hydroxylation is 8. The first-order chi connectivity index (χ1) is 33.2. The van der Waals surface area contributed by atoms with Gasteiger partial charge < -0.3 is 101 Å². The van der Waals surface area contributed by atoms with E-state index in [0.717, 1.165) is 47.8 Å². The van der Waals surface area contributed by atoms with Gasteiger partial charge in [-0.05, 0) is 97.9 Å². The lowest BCUT2D eigenvalue weighted by Crippen LogP contribution is -3.00. The fraction of sp³-hybridized carbons (Fsp3) is 0.200. The lowest BCUT2D eigenvalue weighted by atomic mass is 10.1. The number of para-hydroxylation sites is 8. The van der Waals surface area contributed by atoms with Crippen molar-refractivity contribution in [3.63, 3.8) is 0 Å². The summed E-state index contributed by atoms with van der Waals surface area (Å²) in [5.74, 6) is 0. The largest absolute Gasteiger partial charge is 1.00 e. The molecule has 73 heavy (non-hydrogen) atoms. The smallest absolute Gasteiger partial charge is 0.257 e. The summed E-state index contributed by atoms with van der Waals surface area (Å²) in [7, 11) is 0. The van der Waals surface area contributed by atoms with Crippen molar-refractivity contribution in [1.82, 2.24) is 19.9 Å². The van der Waals surface area contributed by atoms with Gasteiger partial charge in [0.1, 0.15) is 44.1 Å². The Morgan fingerprint density at radius 2 is 0.425 bits per heavy atom. The molecule has 5 nitrogen and oxygen atoms in total. The third kappa shape index (κ3) is 13.8. The number of halogens is 4. The summed E-state index contributed by atoms with van der Waals surface area (Å²) in [6.07, 6.45) is 4.14. The Balaban J connectivity index is 0.000000206. The molecule has 4 heterocycles. The van der Waals surface area contributed by atoms with Crippen molar-refractivity contribution < 1.29 is 101 Å². The van der Waals surface area contributed by atoms with Crippen molar-refractivity contribution >= 4 is 127 Å². The SMILES string of the molecule is CCc1cccc2[s+]c3cccc(C)c3nc12.CCc1cccc2[s+]c3cccc(C)c3nc12.CCc1cccc2[s+]c3cccc(C)c3nc12.CCc1cccc2[s+]c3cccc(C)c3nc12.O.[I-].[I-].[I-].[I-]. The molecule has 0 spiro atoms. The van der Waals surface area contributed by atoms with Crippen LogP contribution in [0, 0.1) is 27.7 Å². The maximum absolute atomic E-state index is 4.86. The lowest BCUT2D eigenvalue weighted by Gasteiger charge is -2.00. The molecule has 12 rings (SSSR count). The van der Waals surface area contributed by atoms with Crippen LogP contribution in [0.5, 0.6) is 0 Å². The summed E-state index contributed by atoms with van der Waals surface area (Å²) in [4.78, 5) is 19.4. The molecule has 0 amide bonds. The van der Waals surface area contributed by atoms with E-state index in [2.05, 4.69) is 201 Å². The number of benzene rings is 8. The highest BCUT2D eigenvalue weighted by Crippen LogP contribution is 2.33. The van der Waals surface area contributed by atoms with Crippen LogP contribution in [0.3, 0.4) is 0 Å². The fourth-order valence-electron chi connectivity index (χ4n) is 8.60. The first-order valence-corrected chi connectivity index (χ1v) is 26.9. The van der Waals surface area contributed by atoms with E-state index in [-0.39, 0.29) is 101 Å². The van der Waals surface area contributed by atoms with Crippen molar-refractivity contribution in [2.24, 2.45) is 0 Å². The van der Waals surface area contributed by atoms with E-state index in [1.54, 1.807) is 0 Å². The van der Waals surface area contributed by atoms with Gasteiger partial charge in [-0.25, -0.2) is 19.9 Å². The number of nitrogens with zero attached hydrogens (tertiary/aromatic N) is 4. The second-order valence-corrected chi connectivity index (χ2v) is 21.3. The Bertz CT molecular complexity index is 3340. The molecule has 0 atom stereocenters. The van der Waals surface area contributed by atoms with E-state index in [1.807, 2.05) is 45.3 Å². The molecule has 4 aromatic heterocycles. The maximum Gasteiger partial charge on any atom is 0.257 e. The van der Waals surface area contributed by atoms with Gasteiger partial charge in [0.05, 0.1) is 0 Å². The van der Waals surface area contributed by atoms with E-state index in [0.29, 0.717) is 0 Å². The highest BCUT2D eigenvalue weighted by molar-refractivity contribution is 7.25. The molecule has 0 bridgehead atoms. The van der Waals surface area contributed by atoms with Gasteiger partial charge in [0, 0.05) is 48.5 Å². The molecule has 0 unspecified atom stereocenters. The van der Waals surface area contributed by atoms with E-state index in [1.165, 1.54) is 104 Å². The van der Waals surface area contributed by atoms with Gasteiger partial charge in [-0.15, -0.1) is 0 Å². The molecule has 0 aliphatic heterocycles. The standard InChI is InChI=1S/4C15H14NS.4HI.H2O/c4*1-3-11-7-5-9-13-15(11)16-14-10(2)6-4-8-12(14)17-13;;;;;/h4*4-9H,3H2,1-2H3;4*1H;1H2/q4*+1;;;;;/p-4. The molecule has 376 valence electrons. The number of fused-ring (bicyclic) bond motifs is 8. The van der Waals surface area contributed by atoms with Gasteiger partial charge in [-0.3, -0.25) is 0 Å². The number of hydrogen-bond acceptors (Lipinski definition) is 4. The van der Waals surface area contributed by atoms with E-state index in [9.17, 15) is 0 Å². The van der Waals surface area contributed by atoms with Crippen molar-refractivity contribution in [2.45, 2.75) is 81.1 Å². The topological polar surface area (TPSA) is 83.1 Å². The predicted molar refractivity (Wildman–Crippen MR) is 306 cm³/mol. The summed E-state index contributed by atoms with van der Waals surface area (Å²) in [5.41, 5.74) is 19.6. The van der Waals surface area contributed by atoms with Crippen LogP contribution in [0.25, 0.3) is 81.7 Å². The number of rotatable bonds is 4. The maximum atomic E-state index is 4.86. The highest BCUT2D eigenvalue weighted by Gasteiger charge is 2.19. The molecule has 12 aromatic rings. The molecule has 0 aliphatic rings. The zero-order chi connectivity index (χ0) is 47.3. The van der Waals surface area contributed by atoms with E-state index >= 15 is 0 Å². The summed E-state index contributed by atoms with van der Waals surface area (Å²) >= 11 is 7.33. The minimum Gasteiger partial charge on any atom is -1.00 e. The first kappa shape index (κ1) is 62.3. The quantitative estimate of drug-likeness (QED) is 0.131. The van der Waals surface area contributed by atoms with Crippen molar-refractivity contribution in [3.8, 4) is 0 Å². The number of hydrogen-bond donors (Lipinski definition) is 0. The van der Waals surface area contributed by atoms with E-state index < -0.39 is 0 Å². The first-order valence-electron chi connectivity index (χ1n) is 23.6. The van der Waals surface area contributed by atoms with Crippen LogP contribution in [0.1, 0.15) is 72.2 Å². The minimum absolute atomic E-state index is 0. The average molecular weight is 1490 g/mol. The van der Waals surface area contributed by atoms with Crippen molar-refractivity contribution in [1.29, 1.82) is 0 Å². The lowest BCUT2D eigenvalue weighted by molar-refractivity contribution is -0.00100. The third-order valence-corrected chi connectivity index (χ3v) is 16.8. The van der Waals surface area contributed by atoms with Crippen LogP contribution < -0.4 is 95.9 Å². The second-order valence-electron chi connectivity index (χ2n) is 17.0. The van der Waals surface area contributed by atoms with Crippen molar-refractivity contribution in [3.05, 3.63) is 190 Å². The summed E-state index contributed by atoms with van der Waals surface area (Å²) in [5, 5.41) is 0. The summed E-state index contributed by atoms with van der Waals surface area (Å²) in [6, 6.07) is 51.4. The van der Waals surface area contributed by atoms with Gasteiger partial charge in [-0.2, -0.15) is 0 Å². The fourth-order valence-corrected chi connectivity index (χ4v) is 13.0. The Kier molecular flexibility index (Phi) is 24.5. The van der Waals surface area contributed by atoms with Crippen LogP contribution in [0.2, 0.25) is 0 Å². The number of aromatic nitrogens is 4. The zero-order valence-electron chi connectivity index (χ0n) is 42.1. The van der Waals surface area contributed by atoms with Gasteiger partial charge in [0.2, 0.25) is 45.3 Å². The minimum atomic E-state index is 0. The molecule has 13 heteroatoms. The normalized spacial score (nSPS) is 10.4. The molecule has 0 saturated carbocycles. The zero-order valence-corrected chi connectivity index (χ0v) is 54.0. The van der Waals surface area contributed by atoms with Crippen LogP contribution in [0.15, 0.2) is 146 Å². The average Bonchev–Trinajstić information content (AvgIpc) is 3.37. The molecule has 0 aliphatic carbocycles. The van der Waals surface area contributed by atoms with Gasteiger partial charge in [0.15, 0.2) is 0 Å². The summed E-state index contributed by atoms with van der Waals surface area (Å²) < 4.78 is 10.2. The van der Waals surface area contributed by atoms with Crippen LogP contribution in [-0.2, 0) is 25.7 Å². The molecule has 0 fully saturated rings. The Hall–Kier alpha value is -3.28. The third-order valence-electron chi connectivity index (χ3n) is 12.4. The molecule has 2 N–H and O–H groups in total. The molecular weight excluding hydrogens is 1430 g/mol. The molecule has 0 saturated heterocycles. The Morgan fingerprint density at radius 3 is 0.603 bits per heavy atom. The summed E-state index contributed by atoms with van der Waals surface area (Å²) in [6.45, 7) is 17.2. The van der Waals surface area contributed by atoms with E-state index in [4.69, 9.17) is 19.9 Å². The Morgan fingerprint density at radius 1 is 0.260 bits per heavy atom. The molecule has 0 radical (unpaired) electrons. The predicted octanol–water partition coefficient (Wildman–Crippen LogP) is 5.60. The van der Waals surface area contributed by atoms with Crippen LogP contribution >= 0.6 is 45.3 Å². The second kappa shape index (κ2) is 28.7. The van der Waals surface area contributed by atoms with Gasteiger partial charge in [-0.1, -0.05) is 125 Å². The highest BCUT2D eigenvalue weighted by atomic mass is 127.